The molecule has 1 aliphatic rings. The van der Waals surface area contributed by atoms with E-state index in [1.165, 1.54) is 18.4 Å². The number of nitrogens with zero attached hydrogens (tertiary/aromatic N) is 3. The first-order valence-corrected chi connectivity index (χ1v) is 7.47. The molecule has 5 heteroatoms. The Hall–Kier alpha value is -1.62. The highest BCUT2D eigenvalue weighted by molar-refractivity contribution is 5.15. The Balaban J connectivity index is 1.60. The zero-order chi connectivity index (χ0) is 13.9. The summed E-state index contributed by atoms with van der Waals surface area (Å²) in [6, 6.07) is 2.52. The molecule has 2 aromatic rings. The fourth-order valence-corrected chi connectivity index (χ4v) is 2.29. The Morgan fingerprint density at radius 2 is 2.35 bits per heavy atom. The van der Waals surface area contributed by atoms with E-state index in [2.05, 4.69) is 52.3 Å². The van der Waals surface area contributed by atoms with Crippen LogP contribution in [0.1, 0.15) is 62.3 Å². The van der Waals surface area contributed by atoms with Crippen LogP contribution in [0.15, 0.2) is 23.0 Å². The first-order valence-electron chi connectivity index (χ1n) is 7.47. The van der Waals surface area contributed by atoms with Crippen LogP contribution in [-0.4, -0.2) is 21.3 Å². The highest BCUT2D eigenvalue weighted by Gasteiger charge is 2.28. The van der Waals surface area contributed by atoms with Crippen LogP contribution in [0.2, 0.25) is 0 Å². The SMILES string of the molecule is CCCNC(C)c1ccn(Cc2nc(C3CC3)no2)c1. The lowest BCUT2D eigenvalue weighted by atomic mass is 10.2. The van der Waals surface area contributed by atoms with Gasteiger partial charge in [0.15, 0.2) is 5.82 Å². The van der Waals surface area contributed by atoms with Crippen LogP contribution in [0.5, 0.6) is 0 Å². The zero-order valence-corrected chi connectivity index (χ0v) is 12.2. The molecule has 5 nitrogen and oxygen atoms in total. The van der Waals surface area contributed by atoms with Crippen molar-refractivity contribution < 1.29 is 4.52 Å². The van der Waals surface area contributed by atoms with Crippen molar-refractivity contribution in [1.29, 1.82) is 0 Å². The van der Waals surface area contributed by atoms with E-state index in [9.17, 15) is 0 Å². The Labute approximate surface area is 119 Å². The minimum Gasteiger partial charge on any atom is -0.345 e. The highest BCUT2D eigenvalue weighted by Crippen LogP contribution is 2.38. The summed E-state index contributed by atoms with van der Waals surface area (Å²) in [7, 11) is 0. The second-order valence-electron chi connectivity index (χ2n) is 5.61. The van der Waals surface area contributed by atoms with Gasteiger partial charge < -0.3 is 14.4 Å². The fourth-order valence-electron chi connectivity index (χ4n) is 2.29. The summed E-state index contributed by atoms with van der Waals surface area (Å²) in [5, 5.41) is 7.53. The van der Waals surface area contributed by atoms with Crippen molar-refractivity contribution in [3.63, 3.8) is 0 Å². The first-order chi connectivity index (χ1) is 9.76. The molecule has 1 unspecified atom stereocenters. The van der Waals surface area contributed by atoms with Crippen LogP contribution in [0.3, 0.4) is 0 Å². The summed E-state index contributed by atoms with van der Waals surface area (Å²) in [6.07, 6.45) is 7.77. The monoisotopic (exact) mass is 274 g/mol. The van der Waals surface area contributed by atoms with Crippen molar-refractivity contribution in [1.82, 2.24) is 20.0 Å². The predicted octanol–water partition coefficient (Wildman–Crippen LogP) is 2.86. The number of hydrogen-bond donors (Lipinski definition) is 1. The molecule has 0 bridgehead atoms. The number of nitrogens with one attached hydrogen (secondary N) is 1. The normalized spacial score (nSPS) is 16.5. The Morgan fingerprint density at radius 3 is 3.10 bits per heavy atom. The lowest BCUT2D eigenvalue weighted by molar-refractivity contribution is 0.366. The second kappa shape index (κ2) is 5.79. The highest BCUT2D eigenvalue weighted by atomic mass is 16.5. The minimum absolute atomic E-state index is 0.376. The molecule has 0 radical (unpaired) electrons. The van der Waals surface area contributed by atoms with Crippen molar-refractivity contribution in [3.8, 4) is 0 Å². The van der Waals surface area contributed by atoms with Gasteiger partial charge in [0, 0.05) is 24.4 Å². The summed E-state index contributed by atoms with van der Waals surface area (Å²) >= 11 is 0. The van der Waals surface area contributed by atoms with E-state index >= 15 is 0 Å². The number of hydrogen-bond acceptors (Lipinski definition) is 4. The van der Waals surface area contributed by atoms with Crippen molar-refractivity contribution >= 4 is 0 Å². The maximum atomic E-state index is 5.31. The zero-order valence-electron chi connectivity index (χ0n) is 12.2. The Morgan fingerprint density at radius 1 is 1.50 bits per heavy atom. The average Bonchev–Trinajstić information content (AvgIpc) is 3.02. The molecule has 3 rings (SSSR count). The molecule has 1 saturated carbocycles. The third kappa shape index (κ3) is 3.10. The standard InChI is InChI=1S/C15H22N4O/c1-3-7-16-11(2)13-6-8-19(9-13)10-14-17-15(18-20-14)12-4-5-12/h6,8-9,11-12,16H,3-5,7,10H2,1-2H3. The maximum Gasteiger partial charge on any atom is 0.246 e. The Bertz CT molecular complexity index is 556. The van der Waals surface area contributed by atoms with E-state index in [1.54, 1.807) is 0 Å². The molecule has 0 aliphatic heterocycles. The predicted molar refractivity (Wildman–Crippen MR) is 76.5 cm³/mol. The van der Waals surface area contributed by atoms with E-state index in [-0.39, 0.29) is 0 Å². The van der Waals surface area contributed by atoms with Crippen LogP contribution < -0.4 is 5.32 Å². The molecular formula is C15H22N4O. The molecule has 1 N–H and O–H groups in total. The van der Waals surface area contributed by atoms with Crippen molar-refractivity contribution in [2.75, 3.05) is 6.54 Å². The summed E-state index contributed by atoms with van der Waals surface area (Å²) in [4.78, 5) is 4.46. The molecule has 0 saturated heterocycles. The molecule has 1 fully saturated rings. The lowest BCUT2D eigenvalue weighted by Gasteiger charge is -2.10. The van der Waals surface area contributed by atoms with Gasteiger partial charge in [-0.25, -0.2) is 0 Å². The molecule has 20 heavy (non-hydrogen) atoms. The molecule has 2 heterocycles. The van der Waals surface area contributed by atoms with Gasteiger partial charge in [0.1, 0.15) is 6.54 Å². The molecule has 2 aromatic heterocycles. The molecule has 0 spiro atoms. The van der Waals surface area contributed by atoms with Gasteiger partial charge in [-0.2, -0.15) is 4.98 Å². The van der Waals surface area contributed by atoms with E-state index < -0.39 is 0 Å². The first kappa shape index (κ1) is 13.4. The molecule has 1 aliphatic carbocycles. The van der Waals surface area contributed by atoms with E-state index in [4.69, 9.17) is 4.52 Å². The van der Waals surface area contributed by atoms with Crippen LogP contribution in [-0.2, 0) is 6.54 Å². The minimum atomic E-state index is 0.376. The van der Waals surface area contributed by atoms with Gasteiger partial charge in [-0.05, 0) is 44.4 Å². The van der Waals surface area contributed by atoms with Crippen molar-refractivity contribution in [2.24, 2.45) is 0 Å². The summed E-state index contributed by atoms with van der Waals surface area (Å²) < 4.78 is 7.41. The molecule has 0 amide bonds. The van der Waals surface area contributed by atoms with Crippen LogP contribution in [0.4, 0.5) is 0 Å². The maximum absolute atomic E-state index is 5.31. The Kier molecular flexibility index (Phi) is 3.87. The second-order valence-corrected chi connectivity index (χ2v) is 5.61. The van der Waals surface area contributed by atoms with Crippen molar-refractivity contribution in [2.45, 2.75) is 51.6 Å². The number of aromatic nitrogens is 3. The molecule has 108 valence electrons. The summed E-state index contributed by atoms with van der Waals surface area (Å²) in [5.74, 6) is 2.12. The van der Waals surface area contributed by atoms with Gasteiger partial charge >= 0.3 is 0 Å². The van der Waals surface area contributed by atoms with Crippen LogP contribution >= 0.6 is 0 Å². The molecule has 1 atom stereocenters. The average molecular weight is 274 g/mol. The quantitative estimate of drug-likeness (QED) is 0.843. The lowest BCUT2D eigenvalue weighted by Crippen LogP contribution is -2.18. The van der Waals surface area contributed by atoms with Gasteiger partial charge in [0.05, 0.1) is 0 Å². The third-order valence-electron chi connectivity index (χ3n) is 3.72. The number of rotatable bonds is 7. The summed E-state index contributed by atoms with van der Waals surface area (Å²) in [5.41, 5.74) is 1.29. The van der Waals surface area contributed by atoms with Crippen molar-refractivity contribution in [3.05, 3.63) is 35.7 Å². The van der Waals surface area contributed by atoms with Crippen LogP contribution in [0, 0.1) is 0 Å². The van der Waals surface area contributed by atoms with E-state index in [0.29, 0.717) is 24.4 Å². The molecular weight excluding hydrogens is 252 g/mol. The van der Waals surface area contributed by atoms with E-state index in [1.807, 2.05) is 0 Å². The van der Waals surface area contributed by atoms with Gasteiger partial charge in [-0.1, -0.05) is 12.1 Å². The smallest absolute Gasteiger partial charge is 0.246 e. The topological polar surface area (TPSA) is 55.9 Å². The van der Waals surface area contributed by atoms with E-state index in [0.717, 1.165) is 18.8 Å². The van der Waals surface area contributed by atoms with Gasteiger partial charge in [0.2, 0.25) is 5.89 Å². The molecule has 0 aromatic carbocycles. The van der Waals surface area contributed by atoms with Gasteiger partial charge in [-0.15, -0.1) is 0 Å². The van der Waals surface area contributed by atoms with Crippen LogP contribution in [0.25, 0.3) is 0 Å². The largest absolute Gasteiger partial charge is 0.345 e. The fraction of sp³-hybridized carbons (Fsp3) is 0.600. The van der Waals surface area contributed by atoms with Gasteiger partial charge in [0.25, 0.3) is 0 Å². The van der Waals surface area contributed by atoms with Gasteiger partial charge in [-0.3, -0.25) is 0 Å². The third-order valence-corrected chi connectivity index (χ3v) is 3.72. The summed E-state index contributed by atoms with van der Waals surface area (Å²) in [6.45, 7) is 6.06.